The molecule has 1 heterocycles. The third-order valence-corrected chi connectivity index (χ3v) is 4.87. The molecule has 6 heteroatoms. The Labute approximate surface area is 145 Å². The van der Waals surface area contributed by atoms with Gasteiger partial charge in [-0.3, -0.25) is 4.79 Å². The largest absolute Gasteiger partial charge is 0.324 e. The lowest BCUT2D eigenvalue weighted by atomic mass is 9.95. The Morgan fingerprint density at radius 3 is 2.92 bits per heavy atom. The maximum absolute atomic E-state index is 12.1. The van der Waals surface area contributed by atoms with E-state index in [1.165, 1.54) is 30.2 Å². The number of carbonyl (C=O) groups excluding carboxylic acids is 1. The Balaban J connectivity index is 1.64. The van der Waals surface area contributed by atoms with Crippen LogP contribution in [0, 0.1) is 18.3 Å². The van der Waals surface area contributed by atoms with Crippen molar-refractivity contribution in [2.45, 2.75) is 37.8 Å². The van der Waals surface area contributed by atoms with E-state index in [-0.39, 0.29) is 11.7 Å². The van der Waals surface area contributed by atoms with Gasteiger partial charge >= 0.3 is 0 Å². The summed E-state index contributed by atoms with van der Waals surface area (Å²) in [6.07, 6.45) is 4.41. The molecule has 1 aliphatic rings. The first kappa shape index (κ1) is 16.5. The molecule has 1 N–H and O–H groups in total. The van der Waals surface area contributed by atoms with Crippen LogP contribution in [0.25, 0.3) is 0 Å². The summed E-state index contributed by atoms with van der Waals surface area (Å²) in [5.74, 6) is 0.0551. The summed E-state index contributed by atoms with van der Waals surface area (Å²) in [6, 6.07) is 9.03. The van der Waals surface area contributed by atoms with Crippen molar-refractivity contribution in [3.63, 3.8) is 0 Å². The van der Waals surface area contributed by atoms with Crippen LogP contribution in [0.2, 0.25) is 0 Å². The number of fused-ring (bicyclic) bond motifs is 1. The number of thioether (sulfide) groups is 1. The van der Waals surface area contributed by atoms with Gasteiger partial charge in [-0.2, -0.15) is 5.26 Å². The van der Waals surface area contributed by atoms with Crippen molar-refractivity contribution >= 4 is 23.4 Å². The van der Waals surface area contributed by atoms with Gasteiger partial charge in [-0.05, 0) is 50.3 Å². The molecule has 1 aromatic carbocycles. The molecule has 0 saturated carbocycles. The quantitative estimate of drug-likeness (QED) is 0.684. The lowest BCUT2D eigenvalue weighted by Gasteiger charge is -2.17. The average Bonchev–Trinajstić information content (AvgIpc) is 2.60. The van der Waals surface area contributed by atoms with E-state index in [4.69, 9.17) is 5.26 Å². The fraction of sp³-hybridized carbons (Fsp3) is 0.333. The van der Waals surface area contributed by atoms with Crippen molar-refractivity contribution in [2.75, 3.05) is 11.1 Å². The van der Waals surface area contributed by atoms with Crippen molar-refractivity contribution < 1.29 is 4.79 Å². The van der Waals surface area contributed by atoms with Crippen molar-refractivity contribution in [2.24, 2.45) is 0 Å². The number of hydrogen-bond acceptors (Lipinski definition) is 5. The highest BCUT2D eigenvalue weighted by atomic mass is 32.2. The minimum absolute atomic E-state index is 0.165. The molecule has 0 fully saturated rings. The summed E-state index contributed by atoms with van der Waals surface area (Å²) >= 11 is 1.33. The van der Waals surface area contributed by atoms with E-state index in [0.29, 0.717) is 16.4 Å². The van der Waals surface area contributed by atoms with Gasteiger partial charge in [0.25, 0.3) is 0 Å². The van der Waals surface area contributed by atoms with Gasteiger partial charge in [-0.25, -0.2) is 9.97 Å². The Bertz CT molecular complexity index is 813. The zero-order chi connectivity index (χ0) is 16.9. The second kappa shape index (κ2) is 7.45. The van der Waals surface area contributed by atoms with E-state index < -0.39 is 0 Å². The molecule has 24 heavy (non-hydrogen) atoms. The standard InChI is InChI=1S/C18H18N4OS/c1-12-14-7-3-5-9-16(14)22-18(20-12)24-11-17(23)21-15-8-4-2-6-13(15)10-19/h2,4,6,8H,3,5,7,9,11H2,1H3,(H,21,23). The fourth-order valence-electron chi connectivity index (χ4n) is 2.82. The minimum Gasteiger partial charge on any atom is -0.324 e. The van der Waals surface area contributed by atoms with Crippen LogP contribution in [-0.4, -0.2) is 21.6 Å². The lowest BCUT2D eigenvalue weighted by Crippen LogP contribution is -2.16. The summed E-state index contributed by atoms with van der Waals surface area (Å²) in [4.78, 5) is 21.3. The number of hydrogen-bond donors (Lipinski definition) is 1. The fourth-order valence-corrected chi connectivity index (χ4v) is 3.53. The smallest absolute Gasteiger partial charge is 0.234 e. The molecule has 1 aliphatic carbocycles. The Morgan fingerprint density at radius 2 is 2.08 bits per heavy atom. The van der Waals surface area contributed by atoms with E-state index in [1.54, 1.807) is 24.3 Å². The molecule has 3 rings (SSSR count). The average molecular weight is 338 g/mol. The van der Waals surface area contributed by atoms with Crippen LogP contribution >= 0.6 is 11.8 Å². The SMILES string of the molecule is Cc1nc(SCC(=O)Nc2ccccc2C#N)nc2c1CCCC2. The molecule has 0 radical (unpaired) electrons. The third kappa shape index (κ3) is 3.74. The molecule has 1 aromatic heterocycles. The molecule has 0 bridgehead atoms. The third-order valence-electron chi connectivity index (χ3n) is 4.02. The number of para-hydroxylation sites is 1. The molecule has 0 atom stereocenters. The predicted octanol–water partition coefficient (Wildman–Crippen LogP) is 3.27. The molecule has 122 valence electrons. The molecular formula is C18H18N4OS. The van der Waals surface area contributed by atoms with Gasteiger partial charge in [0.1, 0.15) is 6.07 Å². The highest BCUT2D eigenvalue weighted by Gasteiger charge is 2.16. The molecule has 0 unspecified atom stereocenters. The Hall–Kier alpha value is -2.39. The number of aryl methyl sites for hydroxylation is 2. The molecule has 5 nitrogen and oxygen atoms in total. The van der Waals surface area contributed by atoms with E-state index >= 15 is 0 Å². The second-order valence-corrected chi connectivity index (χ2v) is 6.66. The van der Waals surface area contributed by atoms with Crippen molar-refractivity contribution in [3.8, 4) is 6.07 Å². The van der Waals surface area contributed by atoms with Crippen LogP contribution in [0.4, 0.5) is 5.69 Å². The van der Waals surface area contributed by atoms with Crippen molar-refractivity contribution in [1.29, 1.82) is 5.26 Å². The highest BCUT2D eigenvalue weighted by Crippen LogP contribution is 2.25. The molecule has 0 saturated heterocycles. The van der Waals surface area contributed by atoms with Crippen LogP contribution in [0.1, 0.15) is 35.4 Å². The lowest BCUT2D eigenvalue weighted by molar-refractivity contribution is -0.113. The number of anilines is 1. The molecule has 2 aromatic rings. The summed E-state index contributed by atoms with van der Waals surface area (Å²) in [5, 5.41) is 12.5. The van der Waals surface area contributed by atoms with Crippen LogP contribution in [0.3, 0.4) is 0 Å². The maximum atomic E-state index is 12.1. The number of aromatic nitrogens is 2. The number of amides is 1. The first-order valence-corrected chi connectivity index (χ1v) is 8.94. The summed E-state index contributed by atoms with van der Waals surface area (Å²) < 4.78 is 0. The van der Waals surface area contributed by atoms with E-state index in [1.807, 2.05) is 6.92 Å². The van der Waals surface area contributed by atoms with Gasteiger partial charge in [-0.1, -0.05) is 23.9 Å². The summed E-state index contributed by atoms with van der Waals surface area (Å²) in [6.45, 7) is 2.01. The highest BCUT2D eigenvalue weighted by molar-refractivity contribution is 7.99. The number of benzene rings is 1. The molecule has 1 amide bonds. The van der Waals surface area contributed by atoms with E-state index in [0.717, 1.165) is 24.2 Å². The zero-order valence-corrected chi connectivity index (χ0v) is 14.3. The van der Waals surface area contributed by atoms with Gasteiger partial charge in [0, 0.05) is 11.4 Å². The molecular weight excluding hydrogens is 320 g/mol. The van der Waals surface area contributed by atoms with E-state index in [9.17, 15) is 4.79 Å². The van der Waals surface area contributed by atoms with Gasteiger partial charge in [0.15, 0.2) is 5.16 Å². The van der Waals surface area contributed by atoms with Crippen LogP contribution in [0.5, 0.6) is 0 Å². The minimum atomic E-state index is -0.165. The normalized spacial score (nSPS) is 13.0. The monoisotopic (exact) mass is 338 g/mol. The topological polar surface area (TPSA) is 78.7 Å². The summed E-state index contributed by atoms with van der Waals surface area (Å²) in [5.41, 5.74) is 4.42. The van der Waals surface area contributed by atoms with Crippen molar-refractivity contribution in [3.05, 3.63) is 46.8 Å². The number of rotatable bonds is 4. The van der Waals surface area contributed by atoms with Gasteiger partial charge in [-0.15, -0.1) is 0 Å². The van der Waals surface area contributed by atoms with Crippen molar-refractivity contribution in [1.82, 2.24) is 9.97 Å². The van der Waals surface area contributed by atoms with Gasteiger partial charge in [0.05, 0.1) is 17.0 Å². The second-order valence-electron chi connectivity index (χ2n) is 5.72. The zero-order valence-electron chi connectivity index (χ0n) is 13.5. The van der Waals surface area contributed by atoms with Crippen LogP contribution in [-0.2, 0) is 17.6 Å². The molecule has 0 spiro atoms. The van der Waals surface area contributed by atoms with Crippen LogP contribution < -0.4 is 5.32 Å². The molecule has 0 aliphatic heterocycles. The van der Waals surface area contributed by atoms with Gasteiger partial charge in [0.2, 0.25) is 5.91 Å². The van der Waals surface area contributed by atoms with Crippen LogP contribution in [0.15, 0.2) is 29.4 Å². The predicted molar refractivity (Wildman–Crippen MR) is 93.9 cm³/mol. The Kier molecular flexibility index (Phi) is 5.11. The maximum Gasteiger partial charge on any atom is 0.234 e. The summed E-state index contributed by atoms with van der Waals surface area (Å²) in [7, 11) is 0. The Morgan fingerprint density at radius 1 is 1.29 bits per heavy atom. The number of nitrogens with one attached hydrogen (secondary N) is 1. The first-order chi connectivity index (χ1) is 11.7. The van der Waals surface area contributed by atoms with Gasteiger partial charge < -0.3 is 5.32 Å². The number of nitriles is 1. The first-order valence-electron chi connectivity index (χ1n) is 7.95. The van der Waals surface area contributed by atoms with E-state index in [2.05, 4.69) is 21.4 Å². The number of carbonyl (C=O) groups is 1. The number of nitrogens with zero attached hydrogens (tertiary/aromatic N) is 3.